The first-order valence-electron chi connectivity index (χ1n) is 7.05. The van der Waals surface area contributed by atoms with E-state index in [1.54, 1.807) is 23.5 Å². The maximum atomic E-state index is 13.8. The monoisotopic (exact) mass is 334 g/mol. The number of nitrogens with zero attached hydrogens (tertiary/aromatic N) is 2. The molecule has 0 fully saturated rings. The minimum atomic E-state index is -0.367. The van der Waals surface area contributed by atoms with Gasteiger partial charge in [-0.25, -0.2) is 14.4 Å². The van der Waals surface area contributed by atoms with Crippen molar-refractivity contribution in [3.63, 3.8) is 0 Å². The molecule has 1 aliphatic rings. The molecule has 0 bridgehead atoms. The molecule has 2 aromatic heterocycles. The van der Waals surface area contributed by atoms with Gasteiger partial charge in [0.25, 0.3) is 0 Å². The number of aryl methyl sites for hydroxylation is 2. The number of aromatic nitrogens is 2. The van der Waals surface area contributed by atoms with Crippen molar-refractivity contribution in [2.75, 3.05) is 0 Å². The summed E-state index contributed by atoms with van der Waals surface area (Å²) in [6.07, 6.45) is 4.77. The lowest BCUT2D eigenvalue weighted by Crippen LogP contribution is -2.01. The number of hydrogen-bond acceptors (Lipinski definition) is 4. The smallest absolute Gasteiger partial charge is 0.225 e. The highest BCUT2D eigenvalue weighted by atomic mass is 35.5. The van der Waals surface area contributed by atoms with Gasteiger partial charge in [-0.1, -0.05) is 17.7 Å². The van der Waals surface area contributed by atoms with Crippen LogP contribution < -0.4 is 4.74 Å². The molecule has 3 nitrogen and oxygen atoms in total. The molecule has 0 aliphatic heterocycles. The molecule has 6 heteroatoms. The van der Waals surface area contributed by atoms with Crippen molar-refractivity contribution in [1.82, 2.24) is 9.97 Å². The average molecular weight is 335 g/mol. The minimum absolute atomic E-state index is 0.0578. The van der Waals surface area contributed by atoms with E-state index in [1.165, 1.54) is 22.8 Å². The molecule has 0 saturated heterocycles. The SMILES string of the molecule is Fc1cccc(Cl)c1COc1ncnc2sc3c(c12)CCC3. The van der Waals surface area contributed by atoms with E-state index in [0.29, 0.717) is 16.5 Å². The average Bonchev–Trinajstić information content (AvgIpc) is 3.07. The molecular formula is C16H12ClFN2OS. The topological polar surface area (TPSA) is 35.0 Å². The van der Waals surface area contributed by atoms with Gasteiger partial charge in [0.15, 0.2) is 0 Å². The van der Waals surface area contributed by atoms with Crippen LogP contribution in [0.15, 0.2) is 24.5 Å². The van der Waals surface area contributed by atoms with Crippen LogP contribution in [0.1, 0.15) is 22.4 Å². The summed E-state index contributed by atoms with van der Waals surface area (Å²) in [6, 6.07) is 4.61. The second-order valence-corrected chi connectivity index (χ2v) is 6.70. The second kappa shape index (κ2) is 5.48. The lowest BCUT2D eigenvalue weighted by Gasteiger charge is -2.09. The molecule has 1 aromatic carbocycles. The van der Waals surface area contributed by atoms with Crippen LogP contribution in [0.2, 0.25) is 5.02 Å². The van der Waals surface area contributed by atoms with Crippen LogP contribution in [-0.2, 0) is 19.4 Å². The molecule has 112 valence electrons. The van der Waals surface area contributed by atoms with Crippen LogP contribution in [0.25, 0.3) is 10.2 Å². The normalized spacial score (nSPS) is 13.5. The van der Waals surface area contributed by atoms with E-state index in [-0.39, 0.29) is 12.4 Å². The fourth-order valence-corrected chi connectivity index (χ4v) is 4.26. The first-order chi connectivity index (χ1) is 10.7. The predicted octanol–water partition coefficient (Wildman–Crippen LogP) is 4.55. The molecule has 4 rings (SSSR count). The van der Waals surface area contributed by atoms with Gasteiger partial charge in [-0.2, -0.15) is 0 Å². The Bertz CT molecular complexity index is 844. The third-order valence-electron chi connectivity index (χ3n) is 3.88. The van der Waals surface area contributed by atoms with Crippen LogP contribution in [-0.4, -0.2) is 9.97 Å². The fourth-order valence-electron chi connectivity index (χ4n) is 2.82. The van der Waals surface area contributed by atoms with E-state index in [4.69, 9.17) is 16.3 Å². The fraction of sp³-hybridized carbons (Fsp3) is 0.250. The van der Waals surface area contributed by atoms with Crippen LogP contribution >= 0.6 is 22.9 Å². The number of halogens is 2. The Hall–Kier alpha value is -1.72. The largest absolute Gasteiger partial charge is 0.472 e. The first kappa shape index (κ1) is 13.9. The van der Waals surface area contributed by atoms with Gasteiger partial charge in [0, 0.05) is 10.4 Å². The van der Waals surface area contributed by atoms with E-state index < -0.39 is 0 Å². The van der Waals surface area contributed by atoms with Crippen molar-refractivity contribution in [2.45, 2.75) is 25.9 Å². The number of benzene rings is 1. The number of fused-ring (bicyclic) bond motifs is 3. The molecule has 1 aliphatic carbocycles. The summed E-state index contributed by atoms with van der Waals surface area (Å²) < 4.78 is 19.6. The molecule has 3 aromatic rings. The molecule has 0 amide bonds. The van der Waals surface area contributed by atoms with E-state index in [1.807, 2.05) is 0 Å². The Labute approximate surface area is 135 Å². The zero-order valence-electron chi connectivity index (χ0n) is 11.6. The zero-order chi connectivity index (χ0) is 15.1. The second-order valence-electron chi connectivity index (χ2n) is 5.21. The third kappa shape index (κ3) is 2.25. The van der Waals surface area contributed by atoms with Crippen LogP contribution in [0.4, 0.5) is 4.39 Å². The van der Waals surface area contributed by atoms with Crippen molar-refractivity contribution in [3.05, 3.63) is 51.4 Å². The molecule has 0 unspecified atom stereocenters. The van der Waals surface area contributed by atoms with Gasteiger partial charge in [0.05, 0.1) is 10.4 Å². The summed E-state index contributed by atoms with van der Waals surface area (Å²) in [7, 11) is 0. The Morgan fingerprint density at radius 1 is 1.27 bits per heavy atom. The van der Waals surface area contributed by atoms with Crippen molar-refractivity contribution in [3.8, 4) is 5.88 Å². The molecule has 0 spiro atoms. The van der Waals surface area contributed by atoms with Crippen LogP contribution in [0.3, 0.4) is 0 Å². The lowest BCUT2D eigenvalue weighted by atomic mass is 10.2. The molecule has 2 heterocycles. The molecule has 0 saturated carbocycles. The number of hydrogen-bond donors (Lipinski definition) is 0. The van der Waals surface area contributed by atoms with E-state index in [0.717, 1.165) is 29.5 Å². The number of thiophene rings is 1. The number of ether oxygens (including phenoxy) is 1. The van der Waals surface area contributed by atoms with Gasteiger partial charge >= 0.3 is 0 Å². The number of rotatable bonds is 3. The zero-order valence-corrected chi connectivity index (χ0v) is 13.2. The standard InChI is InChI=1S/C16H12ClFN2OS/c17-11-4-2-5-12(18)10(11)7-21-15-14-9-3-1-6-13(9)22-16(14)20-8-19-15/h2,4-5,8H,1,3,6-7H2. The Kier molecular flexibility index (Phi) is 3.47. The highest BCUT2D eigenvalue weighted by molar-refractivity contribution is 7.18. The van der Waals surface area contributed by atoms with Crippen molar-refractivity contribution >= 4 is 33.2 Å². The summed E-state index contributed by atoms with van der Waals surface area (Å²) in [5, 5.41) is 1.34. The highest BCUT2D eigenvalue weighted by Crippen LogP contribution is 2.40. The van der Waals surface area contributed by atoms with Crippen LogP contribution in [0, 0.1) is 5.82 Å². The summed E-state index contributed by atoms with van der Waals surface area (Å²) in [5.74, 6) is 0.150. The predicted molar refractivity (Wildman–Crippen MR) is 85.2 cm³/mol. The summed E-state index contributed by atoms with van der Waals surface area (Å²) in [6.45, 7) is 0.0578. The van der Waals surface area contributed by atoms with Crippen molar-refractivity contribution < 1.29 is 9.13 Å². The molecule has 22 heavy (non-hydrogen) atoms. The summed E-state index contributed by atoms with van der Waals surface area (Å²) in [5.41, 5.74) is 1.64. The molecule has 0 radical (unpaired) electrons. The maximum Gasteiger partial charge on any atom is 0.225 e. The van der Waals surface area contributed by atoms with Gasteiger partial charge in [-0.15, -0.1) is 11.3 Å². The van der Waals surface area contributed by atoms with Gasteiger partial charge in [-0.05, 0) is 37.0 Å². The molecule has 0 atom stereocenters. The molecular weight excluding hydrogens is 323 g/mol. The Balaban J connectivity index is 1.70. The summed E-state index contributed by atoms with van der Waals surface area (Å²) in [4.78, 5) is 10.9. The maximum absolute atomic E-state index is 13.8. The van der Waals surface area contributed by atoms with Gasteiger partial charge in [0.2, 0.25) is 5.88 Å². The van der Waals surface area contributed by atoms with E-state index >= 15 is 0 Å². The van der Waals surface area contributed by atoms with Gasteiger partial charge < -0.3 is 4.74 Å². The van der Waals surface area contributed by atoms with Gasteiger partial charge in [-0.3, -0.25) is 0 Å². The highest BCUT2D eigenvalue weighted by Gasteiger charge is 2.22. The third-order valence-corrected chi connectivity index (χ3v) is 5.44. The first-order valence-corrected chi connectivity index (χ1v) is 8.24. The van der Waals surface area contributed by atoms with E-state index in [2.05, 4.69) is 9.97 Å². The van der Waals surface area contributed by atoms with Crippen molar-refractivity contribution in [2.24, 2.45) is 0 Å². The molecule has 0 N–H and O–H groups in total. The quantitative estimate of drug-likeness (QED) is 0.704. The Morgan fingerprint density at radius 2 is 2.18 bits per heavy atom. The van der Waals surface area contributed by atoms with Crippen LogP contribution in [0.5, 0.6) is 5.88 Å². The lowest BCUT2D eigenvalue weighted by molar-refractivity contribution is 0.291. The van der Waals surface area contributed by atoms with Crippen molar-refractivity contribution in [1.29, 1.82) is 0 Å². The summed E-state index contributed by atoms with van der Waals surface area (Å²) >= 11 is 7.73. The van der Waals surface area contributed by atoms with Gasteiger partial charge in [0.1, 0.15) is 23.6 Å². The minimum Gasteiger partial charge on any atom is -0.472 e. The Morgan fingerprint density at radius 3 is 3.05 bits per heavy atom. The van der Waals surface area contributed by atoms with E-state index in [9.17, 15) is 4.39 Å².